The van der Waals surface area contributed by atoms with Crippen molar-refractivity contribution in [1.82, 2.24) is 15.0 Å². The highest BCUT2D eigenvalue weighted by molar-refractivity contribution is 7.26. The summed E-state index contributed by atoms with van der Waals surface area (Å²) >= 11 is 2.82. The maximum Gasteiger partial charge on any atom is 0.165 e. The first-order chi connectivity index (χ1) is 27.8. The van der Waals surface area contributed by atoms with Gasteiger partial charge in [-0.05, 0) is 24.2 Å². The zero-order valence-electron chi connectivity index (χ0n) is 32.5. The van der Waals surface area contributed by atoms with Crippen molar-refractivity contribution >= 4 is 85.0 Å². The van der Waals surface area contributed by atoms with Gasteiger partial charge < -0.3 is 4.42 Å². The predicted octanol–water partition coefficient (Wildman–Crippen LogP) is 13.2. The second-order valence-corrected chi connectivity index (χ2v) is 14.3. The van der Waals surface area contributed by atoms with Crippen LogP contribution in [0, 0.1) is 0 Å². The smallest absolute Gasteiger partial charge is 0.165 e. The molecule has 4 aromatic heterocycles. The fourth-order valence-corrected chi connectivity index (χ4v) is 9.25. The van der Waals surface area contributed by atoms with Gasteiger partial charge in [0.25, 0.3) is 0 Å². The van der Waals surface area contributed by atoms with Crippen molar-refractivity contribution in [2.75, 3.05) is 0 Å². The summed E-state index contributed by atoms with van der Waals surface area (Å²) in [6, 6.07) is 35.8. The Balaban J connectivity index is 1.20. The quantitative estimate of drug-likeness (QED) is 0.184. The molecule has 0 aliphatic carbocycles. The van der Waals surface area contributed by atoms with Crippen LogP contribution in [-0.2, 0) is 0 Å². The lowest BCUT2D eigenvalue weighted by Crippen LogP contribution is -2.00. The van der Waals surface area contributed by atoms with Crippen molar-refractivity contribution in [2.24, 2.45) is 0 Å². The standard InChI is InChI=1S/C45H25N3OS2/c1-2-11-26(12-3-1)43-46-44(48-45(47-43)36-20-10-18-33-29-14-5-7-22-38(29)50-42(33)36)27-23-24-30-34-17-9-19-35(41(34)51-39(30)25-27)32-16-8-15-31-28-13-4-6-21-37(28)49-40(31)32/h1-25H/i9D,17D,19D,23D,24D,25D. The number of nitrogens with zero attached hydrogens (tertiary/aromatic N) is 3. The van der Waals surface area contributed by atoms with Crippen molar-refractivity contribution in [3.05, 3.63) is 152 Å². The molecule has 7 aromatic carbocycles. The van der Waals surface area contributed by atoms with Crippen LogP contribution in [0.15, 0.2) is 156 Å². The molecule has 0 bridgehead atoms. The zero-order chi connectivity index (χ0) is 38.7. The van der Waals surface area contributed by atoms with Crippen LogP contribution in [0.5, 0.6) is 0 Å². The molecule has 0 N–H and O–H groups in total. The molecule has 0 aliphatic rings. The van der Waals surface area contributed by atoms with Crippen molar-refractivity contribution in [2.45, 2.75) is 0 Å². The van der Waals surface area contributed by atoms with Crippen LogP contribution in [0.4, 0.5) is 0 Å². The average Bonchev–Trinajstić information content (AvgIpc) is 3.95. The Morgan fingerprint density at radius 2 is 1.14 bits per heavy atom. The average molecular weight is 694 g/mol. The predicted molar refractivity (Wildman–Crippen MR) is 215 cm³/mol. The van der Waals surface area contributed by atoms with Crippen molar-refractivity contribution < 1.29 is 12.6 Å². The van der Waals surface area contributed by atoms with Gasteiger partial charge >= 0.3 is 0 Å². The maximum absolute atomic E-state index is 9.69. The normalized spacial score (nSPS) is 13.6. The van der Waals surface area contributed by atoms with Crippen LogP contribution in [0.1, 0.15) is 8.22 Å². The number of hydrogen-bond acceptors (Lipinski definition) is 6. The fourth-order valence-electron chi connectivity index (χ4n) is 6.91. The number of para-hydroxylation sites is 2. The topological polar surface area (TPSA) is 51.8 Å². The van der Waals surface area contributed by atoms with E-state index in [2.05, 4.69) is 18.2 Å². The van der Waals surface area contributed by atoms with E-state index in [-0.39, 0.29) is 58.4 Å². The highest BCUT2D eigenvalue weighted by Gasteiger charge is 2.19. The van der Waals surface area contributed by atoms with E-state index in [1.165, 1.54) is 11.3 Å². The first-order valence-corrected chi connectivity index (χ1v) is 18.0. The van der Waals surface area contributed by atoms with Crippen LogP contribution in [-0.4, -0.2) is 15.0 Å². The summed E-state index contributed by atoms with van der Waals surface area (Å²) in [4.78, 5) is 14.8. The number of rotatable bonds is 4. The summed E-state index contributed by atoms with van der Waals surface area (Å²) in [6.07, 6.45) is 0. The maximum atomic E-state index is 9.69. The minimum Gasteiger partial charge on any atom is -0.455 e. The molecule has 0 unspecified atom stereocenters. The van der Waals surface area contributed by atoms with Crippen LogP contribution in [0.25, 0.3) is 108 Å². The third-order valence-electron chi connectivity index (χ3n) is 9.27. The molecule has 0 atom stereocenters. The summed E-state index contributed by atoms with van der Waals surface area (Å²) in [5.41, 5.74) is 3.77. The van der Waals surface area contributed by atoms with E-state index in [0.29, 0.717) is 43.3 Å². The van der Waals surface area contributed by atoms with Crippen LogP contribution < -0.4 is 0 Å². The van der Waals surface area contributed by atoms with E-state index in [9.17, 15) is 4.11 Å². The third kappa shape index (κ3) is 4.47. The molecule has 0 saturated heterocycles. The lowest BCUT2D eigenvalue weighted by molar-refractivity contribution is 0.670. The van der Waals surface area contributed by atoms with E-state index in [1.807, 2.05) is 97.1 Å². The molecule has 0 radical (unpaired) electrons. The first-order valence-electron chi connectivity index (χ1n) is 19.4. The Labute approximate surface area is 308 Å². The largest absolute Gasteiger partial charge is 0.455 e. The Kier molecular flexibility index (Phi) is 5.08. The summed E-state index contributed by atoms with van der Waals surface area (Å²) in [5, 5.41) is 4.44. The lowest BCUT2D eigenvalue weighted by Gasteiger charge is -2.09. The molecule has 6 heteroatoms. The third-order valence-corrected chi connectivity index (χ3v) is 11.6. The molecule has 4 heterocycles. The van der Waals surface area contributed by atoms with E-state index in [1.54, 1.807) is 11.3 Å². The highest BCUT2D eigenvalue weighted by atomic mass is 32.1. The van der Waals surface area contributed by atoms with Gasteiger partial charge in [0.2, 0.25) is 0 Å². The van der Waals surface area contributed by atoms with E-state index in [0.717, 1.165) is 42.1 Å². The molecule has 11 aromatic rings. The molecule has 0 amide bonds. The van der Waals surface area contributed by atoms with Gasteiger partial charge in [-0.15, -0.1) is 22.7 Å². The number of hydrogen-bond donors (Lipinski definition) is 0. The summed E-state index contributed by atoms with van der Waals surface area (Å²) in [6.45, 7) is 0. The van der Waals surface area contributed by atoms with Crippen molar-refractivity contribution in [3.8, 4) is 45.3 Å². The Hall–Kier alpha value is -6.21. The van der Waals surface area contributed by atoms with Crippen LogP contribution in [0.2, 0.25) is 0 Å². The molecule has 0 fully saturated rings. The molecule has 0 spiro atoms. The van der Waals surface area contributed by atoms with Gasteiger partial charge in [-0.1, -0.05) is 127 Å². The second kappa shape index (κ2) is 11.2. The van der Waals surface area contributed by atoms with Gasteiger partial charge in [0.05, 0.1) is 8.22 Å². The van der Waals surface area contributed by atoms with Crippen LogP contribution >= 0.6 is 22.7 Å². The van der Waals surface area contributed by atoms with Crippen LogP contribution in [0.3, 0.4) is 0 Å². The van der Waals surface area contributed by atoms with E-state index in [4.69, 9.17) is 23.5 Å². The highest BCUT2D eigenvalue weighted by Crippen LogP contribution is 2.45. The Bertz CT molecular complexity index is 3510. The van der Waals surface area contributed by atoms with Gasteiger partial charge in [0.1, 0.15) is 11.2 Å². The molecule has 11 rings (SSSR count). The Morgan fingerprint density at radius 3 is 2.04 bits per heavy atom. The minimum absolute atomic E-state index is 0.0630. The van der Waals surface area contributed by atoms with Gasteiger partial charge in [0, 0.05) is 78.9 Å². The Morgan fingerprint density at radius 1 is 0.451 bits per heavy atom. The summed E-state index contributed by atoms with van der Waals surface area (Å²) < 4.78 is 65.0. The van der Waals surface area contributed by atoms with Gasteiger partial charge in [0.15, 0.2) is 17.5 Å². The minimum atomic E-state index is -0.308. The molecule has 0 aliphatic heterocycles. The summed E-state index contributed by atoms with van der Waals surface area (Å²) in [5.74, 6) is 0.827. The zero-order valence-corrected chi connectivity index (χ0v) is 28.2. The molecular formula is C45H25N3OS2. The number of benzene rings is 7. The number of furan rings is 1. The molecule has 238 valence electrons. The SMILES string of the molecule is [2H]c1c([2H])c([2H])c2c(sc3c([2H])c(-c4nc(-c5ccccc5)nc(-c5cccc6c5sc5ccccc56)n4)c([2H])c([2H])c32)c1-c1cccc2c1oc1ccccc12. The van der Waals surface area contributed by atoms with E-state index < -0.39 is 0 Å². The van der Waals surface area contributed by atoms with E-state index >= 15 is 0 Å². The number of fused-ring (bicyclic) bond motifs is 9. The van der Waals surface area contributed by atoms with Crippen molar-refractivity contribution in [1.29, 1.82) is 0 Å². The molecule has 51 heavy (non-hydrogen) atoms. The fraction of sp³-hybridized carbons (Fsp3) is 0. The lowest BCUT2D eigenvalue weighted by atomic mass is 10.00. The second-order valence-electron chi connectivity index (χ2n) is 12.2. The first kappa shape index (κ1) is 23.2. The molecule has 4 nitrogen and oxygen atoms in total. The van der Waals surface area contributed by atoms with Gasteiger partial charge in [-0.3, -0.25) is 0 Å². The number of thiophene rings is 2. The van der Waals surface area contributed by atoms with Gasteiger partial charge in [-0.2, -0.15) is 0 Å². The monoisotopic (exact) mass is 693 g/mol. The molecular weight excluding hydrogens is 663 g/mol. The molecule has 0 saturated carbocycles. The van der Waals surface area contributed by atoms with Crippen molar-refractivity contribution in [3.63, 3.8) is 0 Å². The number of aromatic nitrogens is 3. The summed E-state index contributed by atoms with van der Waals surface area (Å²) in [7, 11) is 0. The van der Waals surface area contributed by atoms with Gasteiger partial charge in [-0.25, -0.2) is 15.0 Å².